The molecule has 0 unspecified atom stereocenters. The van der Waals surface area contributed by atoms with Crippen molar-refractivity contribution in [1.29, 1.82) is 0 Å². The first-order chi connectivity index (χ1) is 13.7. The van der Waals surface area contributed by atoms with Crippen molar-refractivity contribution in [2.24, 2.45) is 0 Å². The predicted octanol–water partition coefficient (Wildman–Crippen LogP) is 5.67. The van der Waals surface area contributed by atoms with Crippen LogP contribution in [0.3, 0.4) is 0 Å². The van der Waals surface area contributed by atoms with Gasteiger partial charge in [0.1, 0.15) is 0 Å². The van der Waals surface area contributed by atoms with E-state index in [9.17, 15) is 0 Å². The van der Waals surface area contributed by atoms with Crippen LogP contribution >= 0.6 is 11.3 Å². The zero-order valence-electron chi connectivity index (χ0n) is 15.4. The van der Waals surface area contributed by atoms with Crippen LogP contribution in [0.25, 0.3) is 21.1 Å². The van der Waals surface area contributed by atoms with Gasteiger partial charge >= 0.3 is 0 Å². The molecule has 3 aromatic heterocycles. The highest BCUT2D eigenvalue weighted by Gasteiger charge is 2.11. The molecule has 0 aliphatic rings. The Morgan fingerprint density at radius 2 is 1.89 bits per heavy atom. The van der Waals surface area contributed by atoms with Crippen molar-refractivity contribution in [2.75, 3.05) is 10.6 Å². The van der Waals surface area contributed by atoms with E-state index >= 15 is 0 Å². The van der Waals surface area contributed by atoms with Gasteiger partial charge in [0.05, 0.1) is 21.9 Å². The Kier molecular flexibility index (Phi) is 3.95. The molecule has 0 atom stereocenters. The number of benzene rings is 2. The number of aryl methyl sites for hydroxylation is 2. The molecule has 5 rings (SSSR count). The Morgan fingerprint density at radius 3 is 2.79 bits per heavy atom. The van der Waals surface area contributed by atoms with Gasteiger partial charge in [-0.3, -0.25) is 5.10 Å². The minimum Gasteiger partial charge on any atom is -0.339 e. The highest BCUT2D eigenvalue weighted by atomic mass is 32.1. The Bertz CT molecular complexity index is 1300. The highest BCUT2D eigenvalue weighted by Crippen LogP contribution is 2.31. The van der Waals surface area contributed by atoms with Crippen molar-refractivity contribution in [2.45, 2.75) is 13.8 Å². The Labute approximate surface area is 165 Å². The zero-order valence-corrected chi connectivity index (χ0v) is 16.3. The zero-order chi connectivity index (χ0) is 19.1. The summed E-state index contributed by atoms with van der Waals surface area (Å²) in [5, 5.41) is 16.9. The maximum absolute atomic E-state index is 4.75. The van der Waals surface area contributed by atoms with Crippen molar-refractivity contribution < 1.29 is 0 Å². The Hall–Kier alpha value is -3.45. The van der Waals surface area contributed by atoms with Crippen LogP contribution in [-0.2, 0) is 0 Å². The molecule has 0 bridgehead atoms. The summed E-state index contributed by atoms with van der Waals surface area (Å²) in [5.41, 5.74) is 6.28. The number of hydrogen-bond acceptors (Lipinski definition) is 6. The van der Waals surface area contributed by atoms with Crippen LogP contribution in [0.4, 0.5) is 23.1 Å². The molecule has 138 valence electrons. The van der Waals surface area contributed by atoms with Crippen LogP contribution in [0.1, 0.15) is 11.1 Å². The lowest BCUT2D eigenvalue weighted by Crippen LogP contribution is -2.02. The number of H-pyrrole nitrogens is 1. The summed E-state index contributed by atoms with van der Waals surface area (Å²) >= 11 is 1.62. The van der Waals surface area contributed by atoms with Gasteiger partial charge in [-0.1, -0.05) is 17.7 Å². The number of rotatable bonds is 4. The lowest BCUT2D eigenvalue weighted by molar-refractivity contribution is 1.12. The van der Waals surface area contributed by atoms with Crippen LogP contribution in [-0.4, -0.2) is 20.2 Å². The second kappa shape index (κ2) is 6.61. The molecular formula is C21H18N6S. The quantitative estimate of drug-likeness (QED) is 0.371. The molecule has 28 heavy (non-hydrogen) atoms. The molecule has 0 saturated heterocycles. The third kappa shape index (κ3) is 3.05. The molecule has 3 N–H and O–H groups in total. The van der Waals surface area contributed by atoms with Crippen LogP contribution in [0, 0.1) is 13.8 Å². The van der Waals surface area contributed by atoms with Gasteiger partial charge in [0.25, 0.3) is 0 Å². The Morgan fingerprint density at radius 1 is 0.964 bits per heavy atom. The van der Waals surface area contributed by atoms with Gasteiger partial charge in [0.2, 0.25) is 5.95 Å². The molecular weight excluding hydrogens is 368 g/mol. The smallest absolute Gasteiger partial charge is 0.229 e. The van der Waals surface area contributed by atoms with Gasteiger partial charge in [0.15, 0.2) is 5.82 Å². The topological polar surface area (TPSA) is 78.5 Å². The van der Waals surface area contributed by atoms with Crippen molar-refractivity contribution in [3.8, 4) is 0 Å². The first-order valence-electron chi connectivity index (χ1n) is 8.95. The molecule has 6 nitrogen and oxygen atoms in total. The van der Waals surface area contributed by atoms with Crippen LogP contribution in [0.2, 0.25) is 0 Å². The number of nitrogens with zero attached hydrogens (tertiary/aromatic N) is 3. The maximum atomic E-state index is 4.75. The molecule has 0 aliphatic heterocycles. The maximum Gasteiger partial charge on any atom is 0.229 e. The van der Waals surface area contributed by atoms with Gasteiger partial charge < -0.3 is 10.6 Å². The molecule has 7 heteroatoms. The second-order valence-electron chi connectivity index (χ2n) is 6.77. The summed E-state index contributed by atoms with van der Waals surface area (Å²) in [4.78, 5) is 9.42. The lowest BCUT2D eigenvalue weighted by Gasteiger charge is -2.12. The van der Waals surface area contributed by atoms with E-state index in [2.05, 4.69) is 63.9 Å². The van der Waals surface area contributed by atoms with E-state index in [0.29, 0.717) is 5.95 Å². The first kappa shape index (κ1) is 16.7. The van der Waals surface area contributed by atoms with E-state index in [1.807, 2.05) is 29.8 Å². The van der Waals surface area contributed by atoms with Crippen LogP contribution in [0.5, 0.6) is 0 Å². The van der Waals surface area contributed by atoms with Gasteiger partial charge in [-0.25, -0.2) is 4.98 Å². The summed E-state index contributed by atoms with van der Waals surface area (Å²) in [7, 11) is 0. The van der Waals surface area contributed by atoms with Crippen LogP contribution < -0.4 is 10.6 Å². The third-order valence-corrected chi connectivity index (χ3v) is 5.55. The average molecular weight is 386 g/mol. The lowest BCUT2D eigenvalue weighted by atomic mass is 10.1. The molecule has 0 aliphatic carbocycles. The fourth-order valence-electron chi connectivity index (χ4n) is 3.24. The van der Waals surface area contributed by atoms with E-state index in [1.54, 1.807) is 11.3 Å². The van der Waals surface area contributed by atoms with E-state index in [0.717, 1.165) is 43.9 Å². The number of aromatic nitrogens is 4. The van der Waals surface area contributed by atoms with Crippen molar-refractivity contribution >= 4 is 55.6 Å². The fourth-order valence-corrected chi connectivity index (χ4v) is 4.01. The van der Waals surface area contributed by atoms with Crippen molar-refractivity contribution in [3.05, 3.63) is 65.2 Å². The van der Waals surface area contributed by atoms with Gasteiger partial charge in [-0.15, -0.1) is 11.3 Å². The number of nitrogens with one attached hydrogen (secondary N) is 3. The molecule has 3 heterocycles. The number of thiophene rings is 1. The van der Waals surface area contributed by atoms with E-state index < -0.39 is 0 Å². The van der Waals surface area contributed by atoms with Gasteiger partial charge in [-0.05, 0) is 55.1 Å². The Balaban J connectivity index is 1.53. The molecule has 0 amide bonds. The fraction of sp³-hybridized carbons (Fsp3) is 0.0952. The highest BCUT2D eigenvalue weighted by molar-refractivity contribution is 7.17. The number of hydrogen-bond donors (Lipinski definition) is 3. The first-order valence-corrected chi connectivity index (χ1v) is 9.83. The molecule has 2 aromatic carbocycles. The SMILES string of the molecule is Cc1ccc(Nc2nc(Nc3ccc4[nH]ncc4c3)c3sccc3n2)c(C)c1. The number of anilines is 4. The third-order valence-electron chi connectivity index (χ3n) is 4.63. The second-order valence-corrected chi connectivity index (χ2v) is 7.69. The van der Waals surface area contributed by atoms with E-state index in [4.69, 9.17) is 4.98 Å². The van der Waals surface area contributed by atoms with Crippen LogP contribution in [0.15, 0.2) is 54.0 Å². The molecule has 0 spiro atoms. The van der Waals surface area contributed by atoms with Crippen molar-refractivity contribution in [1.82, 2.24) is 20.2 Å². The summed E-state index contributed by atoms with van der Waals surface area (Å²) < 4.78 is 1.03. The number of fused-ring (bicyclic) bond motifs is 2. The monoisotopic (exact) mass is 386 g/mol. The van der Waals surface area contributed by atoms with E-state index in [1.165, 1.54) is 5.56 Å². The predicted molar refractivity (Wildman–Crippen MR) is 116 cm³/mol. The summed E-state index contributed by atoms with van der Waals surface area (Å²) in [6, 6.07) is 14.4. The molecule has 0 fully saturated rings. The van der Waals surface area contributed by atoms with Crippen molar-refractivity contribution in [3.63, 3.8) is 0 Å². The largest absolute Gasteiger partial charge is 0.339 e. The standard InChI is InChI=1S/C21H18N6S/c1-12-3-5-16(13(2)9-12)24-21-25-18-7-8-28-19(18)20(26-21)23-15-4-6-17-14(10-15)11-22-27-17/h3-11H,1-2H3,(H,22,27)(H2,23,24,25,26). The van der Waals surface area contributed by atoms with Gasteiger partial charge in [-0.2, -0.15) is 10.1 Å². The normalized spacial score (nSPS) is 11.2. The average Bonchev–Trinajstić information content (AvgIpc) is 3.33. The minimum atomic E-state index is 0.574. The minimum absolute atomic E-state index is 0.574. The molecule has 0 saturated carbocycles. The van der Waals surface area contributed by atoms with Gasteiger partial charge in [0, 0.05) is 16.8 Å². The van der Waals surface area contributed by atoms with E-state index in [-0.39, 0.29) is 0 Å². The summed E-state index contributed by atoms with van der Waals surface area (Å²) in [6.45, 7) is 4.17. The molecule has 0 radical (unpaired) electrons. The summed E-state index contributed by atoms with van der Waals surface area (Å²) in [5.74, 6) is 1.36. The molecule has 5 aromatic rings. The number of aromatic amines is 1. The summed E-state index contributed by atoms with van der Waals surface area (Å²) in [6.07, 6.45) is 1.81.